The van der Waals surface area contributed by atoms with Crippen LogP contribution in [0.15, 0.2) is 79.3 Å². The minimum absolute atomic E-state index is 0.0557. The zero-order valence-electron chi connectivity index (χ0n) is 15.8. The number of benzene rings is 2. The van der Waals surface area contributed by atoms with Crippen LogP contribution in [0.5, 0.6) is 0 Å². The summed E-state index contributed by atoms with van der Waals surface area (Å²) in [6.45, 7) is 0.462. The van der Waals surface area contributed by atoms with Gasteiger partial charge >= 0.3 is 0 Å². The molecule has 0 amide bonds. The lowest BCUT2D eigenvalue weighted by molar-refractivity contribution is 0.586. The zero-order chi connectivity index (χ0) is 20.9. The largest absolute Gasteiger partial charge is 0.393 e. The van der Waals surface area contributed by atoms with Gasteiger partial charge in [0.25, 0.3) is 0 Å². The molecule has 0 atom stereocenters. The minimum Gasteiger partial charge on any atom is -0.393 e. The number of aromatic nitrogens is 3. The molecule has 0 fully saturated rings. The molecule has 0 radical (unpaired) electrons. The first-order valence-corrected chi connectivity index (χ1v) is 9.17. The Labute approximate surface area is 172 Å². The van der Waals surface area contributed by atoms with Crippen molar-refractivity contribution in [1.82, 2.24) is 15.0 Å². The SMILES string of the molecule is Nc1c(Nc2ccc(F)cc2F)ncnc1N(Cc1ccccc1)c1ccccn1. The number of nitrogens with one attached hydrogen (secondary N) is 1. The fourth-order valence-electron chi connectivity index (χ4n) is 2.96. The topological polar surface area (TPSA) is 80.0 Å². The first-order valence-electron chi connectivity index (χ1n) is 9.17. The van der Waals surface area contributed by atoms with Crippen molar-refractivity contribution in [1.29, 1.82) is 0 Å². The fourth-order valence-corrected chi connectivity index (χ4v) is 2.96. The molecule has 30 heavy (non-hydrogen) atoms. The third-order valence-electron chi connectivity index (χ3n) is 4.41. The van der Waals surface area contributed by atoms with Crippen LogP contribution in [-0.2, 0) is 6.54 Å². The number of hydrogen-bond acceptors (Lipinski definition) is 6. The number of anilines is 5. The van der Waals surface area contributed by atoms with Gasteiger partial charge in [0.1, 0.15) is 29.5 Å². The van der Waals surface area contributed by atoms with Gasteiger partial charge in [-0.2, -0.15) is 0 Å². The number of halogens is 2. The van der Waals surface area contributed by atoms with Crippen molar-refractivity contribution in [3.8, 4) is 0 Å². The zero-order valence-corrected chi connectivity index (χ0v) is 15.8. The number of nitrogens with two attached hydrogens (primary N) is 1. The highest BCUT2D eigenvalue weighted by atomic mass is 19.1. The Morgan fingerprint density at radius 2 is 1.70 bits per heavy atom. The summed E-state index contributed by atoms with van der Waals surface area (Å²) in [7, 11) is 0. The maximum absolute atomic E-state index is 14.1. The normalized spacial score (nSPS) is 10.6. The second kappa shape index (κ2) is 8.52. The summed E-state index contributed by atoms with van der Waals surface area (Å²) in [5, 5.41) is 2.81. The molecule has 3 N–H and O–H groups in total. The standard InChI is InChI=1S/C22H18F2N6/c23-16-9-10-18(17(24)12-16)29-21-20(25)22(28-14-27-21)30(19-8-4-5-11-26-19)13-15-6-2-1-3-7-15/h1-12,14H,13,25H2,(H,27,28,29). The Bertz CT molecular complexity index is 1140. The van der Waals surface area contributed by atoms with Crippen molar-refractivity contribution >= 4 is 28.8 Å². The van der Waals surface area contributed by atoms with E-state index in [0.29, 0.717) is 18.2 Å². The van der Waals surface area contributed by atoms with Gasteiger partial charge < -0.3 is 16.0 Å². The van der Waals surface area contributed by atoms with E-state index >= 15 is 0 Å². The molecule has 0 saturated carbocycles. The second-order valence-corrected chi connectivity index (χ2v) is 6.47. The summed E-state index contributed by atoms with van der Waals surface area (Å²) >= 11 is 0. The molecule has 4 aromatic rings. The molecular weight excluding hydrogens is 386 g/mol. The van der Waals surface area contributed by atoms with Crippen molar-refractivity contribution in [2.45, 2.75) is 6.54 Å². The number of rotatable bonds is 6. The van der Waals surface area contributed by atoms with Crippen molar-refractivity contribution in [3.63, 3.8) is 0 Å². The minimum atomic E-state index is -0.750. The molecular formula is C22H18F2N6. The Morgan fingerprint density at radius 1 is 0.900 bits per heavy atom. The molecule has 0 aliphatic heterocycles. The van der Waals surface area contributed by atoms with E-state index in [1.807, 2.05) is 53.4 Å². The molecule has 6 nitrogen and oxygen atoms in total. The molecule has 0 unspecified atom stereocenters. The van der Waals surface area contributed by atoms with Crippen LogP contribution >= 0.6 is 0 Å². The fraction of sp³-hybridized carbons (Fsp3) is 0.0455. The van der Waals surface area contributed by atoms with Crippen molar-refractivity contribution in [3.05, 3.63) is 96.5 Å². The molecule has 0 aliphatic rings. The summed E-state index contributed by atoms with van der Waals surface area (Å²) in [5.74, 6) is -0.151. The first kappa shape index (κ1) is 19.3. The van der Waals surface area contributed by atoms with Crippen LogP contribution in [0.2, 0.25) is 0 Å². The van der Waals surface area contributed by atoms with E-state index in [9.17, 15) is 8.78 Å². The molecule has 2 aromatic carbocycles. The second-order valence-electron chi connectivity index (χ2n) is 6.47. The van der Waals surface area contributed by atoms with Crippen molar-refractivity contribution in [2.75, 3.05) is 16.0 Å². The molecule has 0 aliphatic carbocycles. The predicted octanol–water partition coefficient (Wildman–Crippen LogP) is 4.81. The quantitative estimate of drug-likeness (QED) is 0.480. The maximum atomic E-state index is 14.1. The number of pyridine rings is 1. The van der Waals surface area contributed by atoms with Crippen LogP contribution in [0.1, 0.15) is 5.56 Å². The van der Waals surface area contributed by atoms with Crippen LogP contribution in [0.4, 0.5) is 37.6 Å². The van der Waals surface area contributed by atoms with Gasteiger partial charge in [0, 0.05) is 12.3 Å². The lowest BCUT2D eigenvalue weighted by atomic mass is 10.2. The van der Waals surface area contributed by atoms with Gasteiger partial charge in [-0.05, 0) is 29.8 Å². The van der Waals surface area contributed by atoms with Gasteiger partial charge in [0.2, 0.25) is 0 Å². The van der Waals surface area contributed by atoms with E-state index in [1.54, 1.807) is 6.20 Å². The Hall–Kier alpha value is -4.07. The molecule has 0 saturated heterocycles. The molecule has 0 bridgehead atoms. The third-order valence-corrected chi connectivity index (χ3v) is 4.41. The molecule has 2 heterocycles. The Balaban J connectivity index is 1.73. The summed E-state index contributed by atoms with van der Waals surface area (Å²) in [6, 6.07) is 18.6. The molecule has 150 valence electrons. The lowest BCUT2D eigenvalue weighted by Gasteiger charge is -2.25. The maximum Gasteiger partial charge on any atom is 0.163 e. The molecule has 4 rings (SSSR count). The summed E-state index contributed by atoms with van der Waals surface area (Å²) in [5.41, 5.74) is 7.64. The lowest BCUT2D eigenvalue weighted by Crippen LogP contribution is -2.21. The van der Waals surface area contributed by atoms with Crippen LogP contribution in [0.25, 0.3) is 0 Å². The van der Waals surface area contributed by atoms with E-state index < -0.39 is 11.6 Å². The van der Waals surface area contributed by atoms with E-state index in [0.717, 1.165) is 17.7 Å². The third kappa shape index (κ3) is 4.17. The number of nitrogen functional groups attached to an aromatic ring is 1. The van der Waals surface area contributed by atoms with Crippen LogP contribution < -0.4 is 16.0 Å². The molecule has 2 aromatic heterocycles. The summed E-state index contributed by atoms with van der Waals surface area (Å²) < 4.78 is 27.3. The smallest absolute Gasteiger partial charge is 0.163 e. The highest BCUT2D eigenvalue weighted by Gasteiger charge is 2.19. The highest BCUT2D eigenvalue weighted by Crippen LogP contribution is 2.33. The van der Waals surface area contributed by atoms with Crippen LogP contribution in [0.3, 0.4) is 0 Å². The van der Waals surface area contributed by atoms with Gasteiger partial charge in [-0.15, -0.1) is 0 Å². The van der Waals surface area contributed by atoms with Gasteiger partial charge in [0.15, 0.2) is 11.6 Å². The Kier molecular flexibility index (Phi) is 5.47. The average molecular weight is 404 g/mol. The van der Waals surface area contributed by atoms with E-state index in [-0.39, 0.29) is 17.2 Å². The van der Waals surface area contributed by atoms with Gasteiger partial charge in [0.05, 0.1) is 12.2 Å². The van der Waals surface area contributed by atoms with E-state index in [4.69, 9.17) is 5.73 Å². The van der Waals surface area contributed by atoms with Crippen molar-refractivity contribution < 1.29 is 8.78 Å². The monoisotopic (exact) mass is 404 g/mol. The first-order chi connectivity index (χ1) is 14.6. The van der Waals surface area contributed by atoms with Gasteiger partial charge in [-0.1, -0.05) is 36.4 Å². The van der Waals surface area contributed by atoms with Gasteiger partial charge in [-0.3, -0.25) is 0 Å². The van der Waals surface area contributed by atoms with Gasteiger partial charge in [-0.25, -0.2) is 23.7 Å². The average Bonchev–Trinajstić information content (AvgIpc) is 2.77. The van der Waals surface area contributed by atoms with E-state index in [2.05, 4.69) is 20.3 Å². The Morgan fingerprint density at radius 3 is 2.43 bits per heavy atom. The summed E-state index contributed by atoms with van der Waals surface area (Å²) in [4.78, 5) is 14.7. The predicted molar refractivity (Wildman–Crippen MR) is 113 cm³/mol. The molecule has 0 spiro atoms. The number of nitrogens with zero attached hydrogens (tertiary/aromatic N) is 4. The number of hydrogen-bond donors (Lipinski definition) is 2. The molecule has 8 heteroatoms. The van der Waals surface area contributed by atoms with E-state index in [1.165, 1.54) is 12.4 Å². The highest BCUT2D eigenvalue weighted by molar-refractivity contribution is 5.80. The summed E-state index contributed by atoms with van der Waals surface area (Å²) in [6.07, 6.45) is 3.01. The van der Waals surface area contributed by atoms with Crippen molar-refractivity contribution in [2.24, 2.45) is 0 Å². The van der Waals surface area contributed by atoms with Crippen LogP contribution in [-0.4, -0.2) is 15.0 Å². The van der Waals surface area contributed by atoms with Crippen LogP contribution in [0, 0.1) is 11.6 Å².